The molecule has 0 unspecified atom stereocenters. The van der Waals surface area contributed by atoms with Crippen LogP contribution < -0.4 is 9.21 Å². The molecule has 5 nitrogen and oxygen atoms in total. The minimum absolute atomic E-state index is 0.341. The maximum absolute atomic E-state index is 12.8. The van der Waals surface area contributed by atoms with Gasteiger partial charge in [-0.15, -0.1) is 0 Å². The largest absolute Gasteiger partial charge is 0.314 e. The van der Waals surface area contributed by atoms with Crippen LogP contribution in [-0.4, -0.2) is 33.7 Å². The zero-order chi connectivity index (χ0) is 17.9. The smallest absolute Gasteiger partial charge is 0.250 e. The fourth-order valence-corrected chi connectivity index (χ4v) is 3.82. The van der Waals surface area contributed by atoms with Crippen LogP contribution in [-0.2, 0) is 14.8 Å². The number of hydrogen-bond acceptors (Lipinski definition) is 3. The van der Waals surface area contributed by atoms with Crippen molar-refractivity contribution in [1.82, 2.24) is 0 Å². The predicted octanol–water partition coefficient (Wildman–Crippen LogP) is 3.16. The van der Waals surface area contributed by atoms with E-state index in [9.17, 15) is 13.2 Å². The molecule has 0 aliphatic carbocycles. The molecule has 0 radical (unpaired) electrons. The normalized spacial score (nSPS) is 12.5. The van der Waals surface area contributed by atoms with Gasteiger partial charge in [0.25, 0.3) is 0 Å². The van der Waals surface area contributed by atoms with Gasteiger partial charge in [0.15, 0.2) is 0 Å². The molecule has 2 aromatic carbocycles. The van der Waals surface area contributed by atoms with Crippen molar-refractivity contribution in [1.29, 1.82) is 0 Å². The molecule has 0 N–H and O–H groups in total. The van der Waals surface area contributed by atoms with Crippen LogP contribution in [0.25, 0.3) is 0 Å². The zero-order valence-electron chi connectivity index (χ0n) is 13.7. The lowest BCUT2D eigenvalue weighted by atomic mass is 10.2. The number of anilines is 2. The topological polar surface area (TPSA) is 57.7 Å². The lowest BCUT2D eigenvalue weighted by molar-refractivity contribution is -0.119. The van der Waals surface area contributed by atoms with Gasteiger partial charge >= 0.3 is 0 Å². The Morgan fingerprint density at radius 1 is 1.04 bits per heavy atom. The number of nitrogens with zero attached hydrogens (tertiary/aromatic N) is 2. The van der Waals surface area contributed by atoms with Gasteiger partial charge in [-0.1, -0.05) is 35.9 Å². The number of sulfonamides is 1. The number of likely N-dealkylation sites (N-methyl/N-ethyl adjacent to an activating group) is 1. The van der Waals surface area contributed by atoms with Crippen molar-refractivity contribution in [3.8, 4) is 0 Å². The van der Waals surface area contributed by atoms with Crippen molar-refractivity contribution in [2.24, 2.45) is 0 Å². The molecule has 1 atom stereocenters. The van der Waals surface area contributed by atoms with Crippen LogP contribution in [0.15, 0.2) is 54.6 Å². The minimum atomic E-state index is -3.67. The highest BCUT2D eigenvalue weighted by Gasteiger charge is 2.31. The van der Waals surface area contributed by atoms with Crippen LogP contribution in [0.4, 0.5) is 11.4 Å². The summed E-state index contributed by atoms with van der Waals surface area (Å²) in [6.45, 7) is 1.56. The van der Waals surface area contributed by atoms with E-state index in [1.807, 2.05) is 18.2 Å². The van der Waals surface area contributed by atoms with E-state index in [0.717, 1.165) is 10.6 Å². The number of rotatable bonds is 5. The van der Waals surface area contributed by atoms with Crippen molar-refractivity contribution in [3.63, 3.8) is 0 Å². The van der Waals surface area contributed by atoms with E-state index in [1.165, 1.54) is 11.0 Å². The van der Waals surface area contributed by atoms with Gasteiger partial charge in [-0.3, -0.25) is 9.10 Å². The van der Waals surface area contributed by atoms with Crippen LogP contribution >= 0.6 is 11.6 Å². The summed E-state index contributed by atoms with van der Waals surface area (Å²) in [6, 6.07) is 14.6. The van der Waals surface area contributed by atoms with Crippen LogP contribution in [0.1, 0.15) is 6.92 Å². The van der Waals surface area contributed by atoms with E-state index in [-0.39, 0.29) is 5.91 Å². The first-order chi connectivity index (χ1) is 11.2. The second-order valence-corrected chi connectivity index (χ2v) is 7.74. The van der Waals surface area contributed by atoms with E-state index >= 15 is 0 Å². The minimum Gasteiger partial charge on any atom is -0.314 e. The number of amides is 1. The highest BCUT2D eigenvalue weighted by Crippen LogP contribution is 2.25. The average molecular weight is 367 g/mol. The van der Waals surface area contributed by atoms with Crippen molar-refractivity contribution in [2.75, 3.05) is 22.5 Å². The number of para-hydroxylation sites is 1. The van der Waals surface area contributed by atoms with Crippen molar-refractivity contribution in [3.05, 3.63) is 59.6 Å². The van der Waals surface area contributed by atoms with Crippen molar-refractivity contribution in [2.45, 2.75) is 13.0 Å². The Bertz CT molecular complexity index is 825. The van der Waals surface area contributed by atoms with Gasteiger partial charge < -0.3 is 4.90 Å². The molecule has 24 heavy (non-hydrogen) atoms. The van der Waals surface area contributed by atoms with Crippen molar-refractivity contribution < 1.29 is 13.2 Å². The van der Waals surface area contributed by atoms with E-state index in [4.69, 9.17) is 11.6 Å². The first-order valence-electron chi connectivity index (χ1n) is 7.29. The molecule has 0 heterocycles. The summed E-state index contributed by atoms with van der Waals surface area (Å²) < 4.78 is 25.6. The maximum atomic E-state index is 12.8. The Balaban J connectivity index is 2.38. The highest BCUT2D eigenvalue weighted by atomic mass is 35.5. The molecule has 0 fully saturated rings. The Kier molecular flexibility index (Phi) is 5.51. The summed E-state index contributed by atoms with van der Waals surface area (Å²) >= 11 is 5.96. The molecule has 7 heteroatoms. The van der Waals surface area contributed by atoms with Gasteiger partial charge in [-0.05, 0) is 37.3 Å². The summed E-state index contributed by atoms with van der Waals surface area (Å²) in [4.78, 5) is 14.2. The number of carbonyl (C=O) groups is 1. The molecule has 128 valence electrons. The second kappa shape index (κ2) is 7.23. The summed E-state index contributed by atoms with van der Waals surface area (Å²) in [6.07, 6.45) is 1.07. The van der Waals surface area contributed by atoms with Gasteiger partial charge in [-0.2, -0.15) is 0 Å². The number of hydrogen-bond donors (Lipinski definition) is 0. The Labute approximate surface area is 147 Å². The quantitative estimate of drug-likeness (QED) is 0.816. The molecule has 0 spiro atoms. The standard InChI is InChI=1S/C17H19ClN2O3S/c1-13(17(21)19(2)15-9-5-4-6-10-15)20(24(3,22)23)16-11-7-8-14(18)12-16/h4-13H,1-3H3/t13-/m0/s1. The van der Waals surface area contributed by atoms with Gasteiger partial charge in [0.05, 0.1) is 11.9 Å². The summed E-state index contributed by atoms with van der Waals surface area (Å²) in [5.41, 5.74) is 1.04. The molecule has 2 rings (SSSR count). The fourth-order valence-electron chi connectivity index (χ4n) is 2.47. The predicted molar refractivity (Wildman–Crippen MR) is 98.1 cm³/mol. The fraction of sp³-hybridized carbons (Fsp3) is 0.235. The third-order valence-corrected chi connectivity index (χ3v) is 5.08. The monoisotopic (exact) mass is 366 g/mol. The Hall–Kier alpha value is -2.05. The molecule has 2 aromatic rings. The van der Waals surface area contributed by atoms with Crippen LogP contribution in [0.5, 0.6) is 0 Å². The molecular weight excluding hydrogens is 348 g/mol. The summed E-state index contributed by atoms with van der Waals surface area (Å²) in [7, 11) is -2.05. The molecule has 0 aromatic heterocycles. The summed E-state index contributed by atoms with van der Waals surface area (Å²) in [5, 5.41) is 0.400. The lowest BCUT2D eigenvalue weighted by Gasteiger charge is -2.31. The third kappa shape index (κ3) is 4.07. The van der Waals surface area contributed by atoms with Crippen LogP contribution in [0.2, 0.25) is 5.02 Å². The first kappa shape index (κ1) is 18.3. The molecule has 0 saturated heterocycles. The molecule has 1 amide bonds. The van der Waals surface area contributed by atoms with Gasteiger partial charge in [0.2, 0.25) is 15.9 Å². The van der Waals surface area contributed by atoms with Crippen LogP contribution in [0, 0.1) is 0 Å². The Morgan fingerprint density at radius 3 is 2.17 bits per heavy atom. The second-order valence-electron chi connectivity index (χ2n) is 5.45. The SMILES string of the molecule is C[C@@H](C(=O)N(C)c1ccccc1)N(c1cccc(Cl)c1)S(C)(=O)=O. The van der Waals surface area contributed by atoms with Crippen LogP contribution in [0.3, 0.4) is 0 Å². The molecule has 0 aliphatic heterocycles. The molecular formula is C17H19ClN2O3S. The number of halogens is 1. The van der Waals surface area contributed by atoms with E-state index in [1.54, 1.807) is 44.3 Å². The van der Waals surface area contributed by atoms with E-state index in [2.05, 4.69) is 0 Å². The summed E-state index contributed by atoms with van der Waals surface area (Å²) in [5.74, 6) is -0.341. The van der Waals surface area contributed by atoms with E-state index < -0.39 is 16.1 Å². The third-order valence-electron chi connectivity index (χ3n) is 3.60. The average Bonchev–Trinajstić information content (AvgIpc) is 2.53. The molecule has 0 bridgehead atoms. The first-order valence-corrected chi connectivity index (χ1v) is 9.52. The highest BCUT2D eigenvalue weighted by molar-refractivity contribution is 7.92. The van der Waals surface area contributed by atoms with Gasteiger partial charge in [0.1, 0.15) is 6.04 Å². The van der Waals surface area contributed by atoms with E-state index in [0.29, 0.717) is 16.4 Å². The zero-order valence-corrected chi connectivity index (χ0v) is 15.3. The Morgan fingerprint density at radius 2 is 1.62 bits per heavy atom. The lowest BCUT2D eigenvalue weighted by Crippen LogP contribution is -2.48. The maximum Gasteiger partial charge on any atom is 0.250 e. The molecule has 0 aliphatic rings. The number of benzene rings is 2. The number of carbonyl (C=O) groups excluding carboxylic acids is 1. The van der Waals surface area contributed by atoms with Gasteiger partial charge in [0, 0.05) is 17.8 Å². The van der Waals surface area contributed by atoms with Gasteiger partial charge in [-0.25, -0.2) is 8.42 Å². The molecule has 0 saturated carbocycles. The van der Waals surface area contributed by atoms with Crippen molar-refractivity contribution >= 4 is 38.9 Å².